The van der Waals surface area contributed by atoms with Gasteiger partial charge in [0.05, 0.1) is 16.4 Å². The van der Waals surface area contributed by atoms with Crippen LogP contribution in [0.5, 0.6) is 0 Å². The van der Waals surface area contributed by atoms with Crippen LogP contribution in [0.2, 0.25) is 5.02 Å². The maximum Gasteiger partial charge on any atom is 0.246 e. The van der Waals surface area contributed by atoms with Crippen molar-refractivity contribution in [2.75, 3.05) is 22.6 Å². The molecule has 1 atom stereocenters. The van der Waals surface area contributed by atoms with Crippen LogP contribution in [-0.4, -0.2) is 24.0 Å². The van der Waals surface area contributed by atoms with Gasteiger partial charge in [-0.05, 0) is 24.5 Å². The summed E-state index contributed by atoms with van der Waals surface area (Å²) in [6.45, 7) is 0. The summed E-state index contributed by atoms with van der Waals surface area (Å²) in [6, 6.07) is 2.45. The average molecular weight is 275 g/mol. The predicted octanol–water partition coefficient (Wildman–Crippen LogP) is 2.96. The first-order valence-electron chi connectivity index (χ1n) is 5.17. The molecule has 2 rings (SSSR count). The van der Waals surface area contributed by atoms with Gasteiger partial charge >= 0.3 is 0 Å². The Labute approximate surface area is 108 Å². The molecule has 1 aliphatic rings. The lowest BCUT2D eigenvalue weighted by Crippen LogP contribution is -2.39. The molecule has 0 spiro atoms. The first kappa shape index (κ1) is 12.5. The van der Waals surface area contributed by atoms with Crippen molar-refractivity contribution in [1.82, 2.24) is 0 Å². The van der Waals surface area contributed by atoms with Crippen molar-refractivity contribution in [3.63, 3.8) is 0 Å². The van der Waals surface area contributed by atoms with Gasteiger partial charge in [-0.1, -0.05) is 11.6 Å². The molecule has 0 bridgehead atoms. The molecule has 0 aliphatic carbocycles. The summed E-state index contributed by atoms with van der Waals surface area (Å²) in [7, 11) is 0. The number of rotatable bonds is 3. The minimum absolute atomic E-state index is 0.0519. The van der Waals surface area contributed by atoms with Crippen LogP contribution in [0.25, 0.3) is 0 Å². The van der Waals surface area contributed by atoms with Gasteiger partial charge < -0.3 is 10.6 Å². The number of thioether (sulfide) groups is 1. The fraction of sp³-hybridized carbons (Fsp3) is 0.364. The standard InChI is InChI=1S/C11H12ClFN2OS/c1-17-3-2-8-11(16)15-10-5-7(13)6(12)4-9(10)14-8/h4-5,8,14H,2-3H2,1H3,(H,15,16). The number of hydrogen-bond acceptors (Lipinski definition) is 3. The van der Waals surface area contributed by atoms with Crippen LogP contribution >= 0.6 is 23.4 Å². The van der Waals surface area contributed by atoms with Crippen LogP contribution in [0.3, 0.4) is 0 Å². The highest BCUT2D eigenvalue weighted by molar-refractivity contribution is 7.98. The molecule has 6 heteroatoms. The Hall–Kier alpha value is -0.940. The highest BCUT2D eigenvalue weighted by atomic mass is 35.5. The number of anilines is 2. The molecule has 1 heterocycles. The number of amides is 1. The maximum atomic E-state index is 13.2. The van der Waals surface area contributed by atoms with E-state index in [0.717, 1.165) is 12.2 Å². The normalized spacial score (nSPS) is 18.3. The third-order valence-corrected chi connectivity index (χ3v) is 3.51. The molecule has 2 N–H and O–H groups in total. The lowest BCUT2D eigenvalue weighted by atomic mass is 10.1. The Morgan fingerprint density at radius 1 is 1.47 bits per heavy atom. The van der Waals surface area contributed by atoms with Crippen LogP contribution in [0, 0.1) is 5.82 Å². The van der Waals surface area contributed by atoms with Gasteiger partial charge in [-0.15, -0.1) is 0 Å². The van der Waals surface area contributed by atoms with Gasteiger partial charge in [-0.3, -0.25) is 4.79 Å². The van der Waals surface area contributed by atoms with E-state index in [1.807, 2.05) is 6.26 Å². The van der Waals surface area contributed by atoms with Gasteiger partial charge in [0.2, 0.25) is 5.91 Å². The molecule has 0 fully saturated rings. The zero-order valence-corrected chi connectivity index (χ0v) is 10.8. The van der Waals surface area contributed by atoms with Crippen molar-refractivity contribution in [1.29, 1.82) is 0 Å². The van der Waals surface area contributed by atoms with Crippen molar-refractivity contribution < 1.29 is 9.18 Å². The first-order chi connectivity index (χ1) is 8.11. The number of nitrogens with one attached hydrogen (secondary N) is 2. The topological polar surface area (TPSA) is 41.1 Å². The number of benzene rings is 1. The molecule has 1 aliphatic heterocycles. The molecule has 1 amide bonds. The van der Waals surface area contributed by atoms with Crippen molar-refractivity contribution in [2.24, 2.45) is 0 Å². The summed E-state index contributed by atoms with van der Waals surface area (Å²) in [5.74, 6) is 0.221. The van der Waals surface area contributed by atoms with Crippen LogP contribution in [0.4, 0.5) is 15.8 Å². The average Bonchev–Trinajstić information content (AvgIpc) is 2.29. The summed E-state index contributed by atoms with van der Waals surface area (Å²) < 4.78 is 13.2. The third-order valence-electron chi connectivity index (χ3n) is 2.58. The van der Waals surface area contributed by atoms with Crippen LogP contribution in [-0.2, 0) is 4.79 Å². The van der Waals surface area contributed by atoms with E-state index >= 15 is 0 Å². The summed E-state index contributed by atoms with van der Waals surface area (Å²) in [4.78, 5) is 11.7. The van der Waals surface area contributed by atoms with Crippen molar-refractivity contribution in [3.8, 4) is 0 Å². The quantitative estimate of drug-likeness (QED) is 0.890. The van der Waals surface area contributed by atoms with E-state index in [1.165, 1.54) is 12.1 Å². The van der Waals surface area contributed by atoms with Crippen molar-refractivity contribution in [2.45, 2.75) is 12.5 Å². The molecule has 0 saturated carbocycles. The molecule has 0 saturated heterocycles. The summed E-state index contributed by atoms with van der Waals surface area (Å²) >= 11 is 7.38. The number of hydrogen-bond donors (Lipinski definition) is 2. The van der Waals surface area contributed by atoms with Gasteiger partial charge in [0.25, 0.3) is 0 Å². The molecule has 92 valence electrons. The molecule has 1 unspecified atom stereocenters. The molecular weight excluding hydrogens is 263 g/mol. The molecule has 1 aromatic carbocycles. The second-order valence-electron chi connectivity index (χ2n) is 3.78. The Balaban J connectivity index is 2.22. The van der Waals surface area contributed by atoms with E-state index < -0.39 is 5.82 Å². The lowest BCUT2D eigenvalue weighted by Gasteiger charge is -2.26. The molecule has 1 aromatic rings. The summed E-state index contributed by atoms with van der Waals surface area (Å²) in [5, 5.41) is 5.80. The van der Waals surface area contributed by atoms with Gasteiger partial charge in [0.15, 0.2) is 0 Å². The summed E-state index contributed by atoms with van der Waals surface area (Å²) in [5.41, 5.74) is 1.11. The second-order valence-corrected chi connectivity index (χ2v) is 5.17. The highest BCUT2D eigenvalue weighted by Crippen LogP contribution is 2.32. The molecule has 0 aromatic heterocycles. The molecule has 3 nitrogen and oxygen atoms in total. The molecular formula is C11H12ClFN2OS. The Morgan fingerprint density at radius 3 is 2.94 bits per heavy atom. The van der Waals surface area contributed by atoms with Gasteiger partial charge in [0.1, 0.15) is 11.9 Å². The van der Waals surface area contributed by atoms with Gasteiger partial charge in [-0.25, -0.2) is 4.39 Å². The minimum atomic E-state index is -0.532. The lowest BCUT2D eigenvalue weighted by molar-refractivity contribution is -0.117. The fourth-order valence-corrected chi connectivity index (χ4v) is 2.32. The minimum Gasteiger partial charge on any atom is -0.372 e. The van der Waals surface area contributed by atoms with Crippen molar-refractivity contribution in [3.05, 3.63) is 23.0 Å². The monoisotopic (exact) mass is 274 g/mol. The smallest absolute Gasteiger partial charge is 0.246 e. The van der Waals surface area contributed by atoms with Crippen LogP contribution < -0.4 is 10.6 Å². The number of carbonyl (C=O) groups excluding carboxylic acids is 1. The van der Waals surface area contributed by atoms with E-state index in [9.17, 15) is 9.18 Å². The number of fused-ring (bicyclic) bond motifs is 1. The third kappa shape index (κ3) is 2.66. The first-order valence-corrected chi connectivity index (χ1v) is 6.94. The Morgan fingerprint density at radius 2 is 2.24 bits per heavy atom. The van der Waals surface area contributed by atoms with Crippen LogP contribution in [0.1, 0.15) is 6.42 Å². The number of halogens is 2. The Bertz CT molecular complexity index is 455. The molecule has 17 heavy (non-hydrogen) atoms. The second kappa shape index (κ2) is 5.14. The van der Waals surface area contributed by atoms with E-state index in [4.69, 9.17) is 11.6 Å². The van der Waals surface area contributed by atoms with E-state index in [-0.39, 0.29) is 17.0 Å². The van der Waals surface area contributed by atoms with E-state index in [2.05, 4.69) is 10.6 Å². The summed E-state index contributed by atoms with van der Waals surface area (Å²) in [6.07, 6.45) is 2.71. The van der Waals surface area contributed by atoms with E-state index in [0.29, 0.717) is 11.4 Å². The highest BCUT2D eigenvalue weighted by Gasteiger charge is 2.25. The fourth-order valence-electron chi connectivity index (χ4n) is 1.68. The van der Waals surface area contributed by atoms with Crippen LogP contribution in [0.15, 0.2) is 12.1 Å². The maximum absolute atomic E-state index is 13.2. The molecule has 0 radical (unpaired) electrons. The van der Waals surface area contributed by atoms with Gasteiger partial charge in [-0.2, -0.15) is 11.8 Å². The van der Waals surface area contributed by atoms with Gasteiger partial charge in [0, 0.05) is 6.07 Å². The number of carbonyl (C=O) groups is 1. The van der Waals surface area contributed by atoms with E-state index in [1.54, 1.807) is 11.8 Å². The predicted molar refractivity (Wildman–Crippen MR) is 70.4 cm³/mol. The zero-order chi connectivity index (χ0) is 12.4. The van der Waals surface area contributed by atoms with Crippen molar-refractivity contribution >= 4 is 40.6 Å². The largest absolute Gasteiger partial charge is 0.372 e. The zero-order valence-electron chi connectivity index (χ0n) is 9.22. The SMILES string of the molecule is CSCCC1Nc2cc(Cl)c(F)cc2NC1=O. The Kier molecular flexibility index (Phi) is 3.79.